The Balaban J connectivity index is 2.04. The number of anilines is 1. The molecule has 0 saturated heterocycles. The third-order valence-electron chi connectivity index (χ3n) is 2.83. The molecule has 0 atom stereocenters. The van der Waals surface area contributed by atoms with Gasteiger partial charge in [-0.15, -0.1) is 0 Å². The van der Waals surface area contributed by atoms with Crippen LogP contribution in [-0.2, 0) is 6.54 Å². The molecular weight excluding hydrogens is 298 g/mol. The number of urea groups is 1. The lowest BCUT2D eigenvalue weighted by atomic mass is 10.2. The first-order valence-electron chi connectivity index (χ1n) is 6.17. The second-order valence-corrected chi connectivity index (χ2v) is 4.98. The van der Waals surface area contributed by atoms with Crippen molar-refractivity contribution in [2.45, 2.75) is 6.54 Å². The van der Waals surface area contributed by atoms with Crippen molar-refractivity contribution in [1.82, 2.24) is 4.90 Å². The van der Waals surface area contributed by atoms with Crippen LogP contribution in [0.15, 0.2) is 42.5 Å². The van der Waals surface area contributed by atoms with Gasteiger partial charge in [-0.05, 0) is 35.9 Å². The van der Waals surface area contributed by atoms with Crippen LogP contribution in [0, 0.1) is 11.6 Å². The smallest absolute Gasteiger partial charge is 0.321 e. The molecule has 0 aliphatic heterocycles. The van der Waals surface area contributed by atoms with E-state index in [1.54, 1.807) is 12.1 Å². The Hall–Kier alpha value is -2.14. The van der Waals surface area contributed by atoms with E-state index in [4.69, 9.17) is 11.6 Å². The molecule has 0 fully saturated rings. The van der Waals surface area contributed by atoms with Crippen LogP contribution in [0.1, 0.15) is 5.56 Å². The standard InChI is InChI=1S/C15H13ClF2N2O/c1-20(9-10-3-2-4-12(17)7-10)15(21)19-14-8-11(16)5-6-13(14)18/h2-8H,9H2,1H3,(H,19,21). The van der Waals surface area contributed by atoms with Crippen molar-refractivity contribution < 1.29 is 13.6 Å². The molecule has 1 N–H and O–H groups in total. The van der Waals surface area contributed by atoms with Crippen molar-refractivity contribution in [3.8, 4) is 0 Å². The lowest BCUT2D eigenvalue weighted by molar-refractivity contribution is 0.220. The molecule has 2 amide bonds. The van der Waals surface area contributed by atoms with Crippen LogP contribution in [0.25, 0.3) is 0 Å². The van der Waals surface area contributed by atoms with Gasteiger partial charge in [0.15, 0.2) is 0 Å². The zero-order valence-electron chi connectivity index (χ0n) is 11.2. The molecule has 0 heterocycles. The van der Waals surface area contributed by atoms with Gasteiger partial charge in [-0.1, -0.05) is 23.7 Å². The number of rotatable bonds is 3. The molecule has 2 aromatic rings. The summed E-state index contributed by atoms with van der Waals surface area (Å²) in [5.74, 6) is -0.950. The van der Waals surface area contributed by atoms with Crippen molar-refractivity contribution in [2.75, 3.05) is 12.4 Å². The second-order valence-electron chi connectivity index (χ2n) is 4.54. The summed E-state index contributed by atoms with van der Waals surface area (Å²) < 4.78 is 26.6. The van der Waals surface area contributed by atoms with Gasteiger partial charge in [0.1, 0.15) is 11.6 Å². The first-order chi connectivity index (χ1) is 9.95. The molecule has 0 aliphatic carbocycles. The number of amides is 2. The van der Waals surface area contributed by atoms with Crippen molar-refractivity contribution in [3.05, 3.63) is 64.7 Å². The highest BCUT2D eigenvalue weighted by Crippen LogP contribution is 2.20. The van der Waals surface area contributed by atoms with Gasteiger partial charge < -0.3 is 10.2 Å². The maximum absolute atomic E-state index is 13.5. The summed E-state index contributed by atoms with van der Waals surface area (Å²) in [7, 11) is 1.53. The number of carbonyl (C=O) groups is 1. The summed E-state index contributed by atoms with van der Waals surface area (Å²) in [6.07, 6.45) is 0. The maximum Gasteiger partial charge on any atom is 0.321 e. The molecule has 2 rings (SSSR count). The Morgan fingerprint density at radius 3 is 2.71 bits per heavy atom. The number of halogens is 3. The molecule has 110 valence electrons. The van der Waals surface area contributed by atoms with Gasteiger partial charge in [0, 0.05) is 18.6 Å². The molecule has 21 heavy (non-hydrogen) atoms. The Morgan fingerprint density at radius 1 is 1.24 bits per heavy atom. The van der Waals surface area contributed by atoms with Crippen molar-refractivity contribution in [2.24, 2.45) is 0 Å². The largest absolute Gasteiger partial charge is 0.323 e. The third kappa shape index (κ3) is 4.16. The summed E-state index contributed by atoms with van der Waals surface area (Å²) in [5, 5.41) is 2.74. The first-order valence-corrected chi connectivity index (χ1v) is 6.55. The van der Waals surface area contributed by atoms with E-state index in [-0.39, 0.29) is 18.0 Å². The number of hydrogen-bond acceptors (Lipinski definition) is 1. The van der Waals surface area contributed by atoms with E-state index in [9.17, 15) is 13.6 Å². The van der Waals surface area contributed by atoms with Crippen molar-refractivity contribution >= 4 is 23.3 Å². The molecule has 0 spiro atoms. The minimum absolute atomic E-state index is 0.00130. The maximum atomic E-state index is 13.5. The first kappa shape index (κ1) is 15.3. The third-order valence-corrected chi connectivity index (χ3v) is 3.06. The van der Waals surface area contributed by atoms with Gasteiger partial charge in [-0.2, -0.15) is 0 Å². The Morgan fingerprint density at radius 2 is 2.00 bits per heavy atom. The highest BCUT2D eigenvalue weighted by atomic mass is 35.5. The van der Waals surface area contributed by atoms with Crippen molar-refractivity contribution in [1.29, 1.82) is 0 Å². The Bertz CT molecular complexity index is 664. The lowest BCUT2D eigenvalue weighted by Gasteiger charge is -2.18. The fourth-order valence-corrected chi connectivity index (χ4v) is 1.96. The van der Waals surface area contributed by atoms with Crippen LogP contribution in [0.4, 0.5) is 19.3 Å². The minimum atomic E-state index is -0.577. The van der Waals surface area contributed by atoms with Gasteiger partial charge in [-0.25, -0.2) is 13.6 Å². The van der Waals surface area contributed by atoms with E-state index in [1.807, 2.05) is 0 Å². The molecule has 0 unspecified atom stereocenters. The molecule has 0 saturated carbocycles. The number of nitrogens with zero attached hydrogens (tertiary/aromatic N) is 1. The average Bonchev–Trinajstić information content (AvgIpc) is 2.43. The highest BCUT2D eigenvalue weighted by molar-refractivity contribution is 6.30. The van der Waals surface area contributed by atoms with Gasteiger partial charge in [-0.3, -0.25) is 0 Å². The summed E-state index contributed by atoms with van der Waals surface area (Å²) in [6.45, 7) is 0.200. The summed E-state index contributed by atoms with van der Waals surface area (Å²) in [4.78, 5) is 13.3. The highest BCUT2D eigenvalue weighted by Gasteiger charge is 2.12. The predicted molar refractivity (Wildman–Crippen MR) is 78.3 cm³/mol. The lowest BCUT2D eigenvalue weighted by Crippen LogP contribution is -2.31. The molecule has 6 heteroatoms. The summed E-state index contributed by atoms with van der Waals surface area (Å²) in [6, 6.07) is 9.30. The van der Waals surface area contributed by atoms with Crippen LogP contribution >= 0.6 is 11.6 Å². The molecule has 0 aliphatic rings. The Labute approximate surface area is 126 Å². The second kappa shape index (κ2) is 6.54. The monoisotopic (exact) mass is 310 g/mol. The average molecular weight is 311 g/mol. The van der Waals surface area contributed by atoms with E-state index < -0.39 is 11.8 Å². The minimum Gasteiger partial charge on any atom is -0.323 e. The fourth-order valence-electron chi connectivity index (χ4n) is 1.78. The zero-order valence-corrected chi connectivity index (χ0v) is 12.0. The molecule has 0 aromatic heterocycles. The van der Waals surface area contributed by atoms with Gasteiger partial charge >= 0.3 is 6.03 Å². The van der Waals surface area contributed by atoms with Crippen LogP contribution in [0.5, 0.6) is 0 Å². The van der Waals surface area contributed by atoms with Gasteiger partial charge in [0.2, 0.25) is 0 Å². The van der Waals surface area contributed by atoms with E-state index in [0.717, 1.165) is 0 Å². The molecule has 0 radical (unpaired) electrons. The van der Waals surface area contributed by atoms with Crippen LogP contribution in [0.2, 0.25) is 5.02 Å². The predicted octanol–water partition coefficient (Wildman–Crippen LogP) is 4.28. The van der Waals surface area contributed by atoms with E-state index in [2.05, 4.69) is 5.32 Å². The van der Waals surface area contributed by atoms with Crippen LogP contribution in [-0.4, -0.2) is 18.0 Å². The summed E-state index contributed by atoms with van der Waals surface area (Å²) >= 11 is 5.75. The Kier molecular flexibility index (Phi) is 4.75. The molecule has 2 aromatic carbocycles. The normalized spacial score (nSPS) is 10.3. The molecular formula is C15H13ClF2N2O. The van der Waals surface area contributed by atoms with Gasteiger partial charge in [0.05, 0.1) is 5.69 Å². The topological polar surface area (TPSA) is 32.3 Å². The molecule has 3 nitrogen and oxygen atoms in total. The number of nitrogens with one attached hydrogen (secondary N) is 1. The fraction of sp³-hybridized carbons (Fsp3) is 0.133. The van der Waals surface area contributed by atoms with Crippen molar-refractivity contribution in [3.63, 3.8) is 0 Å². The van der Waals surface area contributed by atoms with E-state index in [0.29, 0.717) is 10.6 Å². The van der Waals surface area contributed by atoms with Crippen LogP contribution in [0.3, 0.4) is 0 Å². The number of benzene rings is 2. The number of carbonyl (C=O) groups excluding carboxylic acids is 1. The number of hydrogen-bond donors (Lipinski definition) is 1. The zero-order chi connectivity index (χ0) is 15.4. The quantitative estimate of drug-likeness (QED) is 0.901. The van der Waals surface area contributed by atoms with E-state index in [1.165, 1.54) is 42.3 Å². The van der Waals surface area contributed by atoms with Crippen LogP contribution < -0.4 is 5.32 Å². The SMILES string of the molecule is CN(Cc1cccc(F)c1)C(=O)Nc1cc(Cl)ccc1F. The van der Waals surface area contributed by atoms with Gasteiger partial charge in [0.25, 0.3) is 0 Å². The molecule has 0 bridgehead atoms. The van der Waals surface area contributed by atoms with E-state index >= 15 is 0 Å². The summed E-state index contributed by atoms with van der Waals surface area (Å²) in [5.41, 5.74) is 0.637.